The number of nitrogens with one attached hydrogen (secondary N) is 1. The molecule has 1 saturated carbocycles. The molecule has 0 aliphatic heterocycles. The number of ether oxygens (including phenoxy) is 1. The third-order valence-electron chi connectivity index (χ3n) is 6.27. The second kappa shape index (κ2) is 9.92. The zero-order chi connectivity index (χ0) is 23.7. The number of thioether (sulfide) groups is 1. The maximum Gasteiger partial charge on any atom is 0.341 e. The van der Waals surface area contributed by atoms with Crippen LogP contribution in [-0.2, 0) is 22.4 Å². The first-order chi connectivity index (χ1) is 16.5. The Balaban J connectivity index is 1.46. The number of benzene rings is 1. The quantitative estimate of drug-likeness (QED) is 0.330. The van der Waals surface area contributed by atoms with Gasteiger partial charge in [0.2, 0.25) is 5.91 Å². The monoisotopic (exact) mass is 496 g/mol. The van der Waals surface area contributed by atoms with Crippen molar-refractivity contribution in [3.8, 4) is 0 Å². The number of hydrogen-bond donors (Lipinski definition) is 1. The highest BCUT2D eigenvalue weighted by atomic mass is 32.2. The Hall–Kier alpha value is -2.65. The Labute approximate surface area is 207 Å². The molecular formula is C25H28N4O3S2. The molecule has 1 aromatic carbocycles. The largest absolute Gasteiger partial charge is 0.462 e. The Kier molecular flexibility index (Phi) is 6.74. The molecular weight excluding hydrogens is 468 g/mol. The Morgan fingerprint density at radius 1 is 1.26 bits per heavy atom. The molecule has 0 spiro atoms. The van der Waals surface area contributed by atoms with Gasteiger partial charge < -0.3 is 14.6 Å². The van der Waals surface area contributed by atoms with Crippen LogP contribution in [0.3, 0.4) is 0 Å². The van der Waals surface area contributed by atoms with Crippen molar-refractivity contribution in [1.82, 2.24) is 14.8 Å². The minimum atomic E-state index is -0.531. The van der Waals surface area contributed by atoms with Gasteiger partial charge in [-0.25, -0.2) is 4.79 Å². The number of esters is 1. The molecule has 2 aliphatic carbocycles. The van der Waals surface area contributed by atoms with Crippen molar-refractivity contribution in [2.45, 2.75) is 62.4 Å². The molecule has 0 radical (unpaired) electrons. The molecule has 34 heavy (non-hydrogen) atoms. The van der Waals surface area contributed by atoms with Crippen molar-refractivity contribution >= 4 is 40.0 Å². The van der Waals surface area contributed by atoms with Crippen LogP contribution in [0.5, 0.6) is 0 Å². The lowest BCUT2D eigenvalue weighted by atomic mass is 9.88. The van der Waals surface area contributed by atoms with Crippen LogP contribution in [-0.4, -0.2) is 33.2 Å². The summed E-state index contributed by atoms with van der Waals surface area (Å²) in [5, 5.41) is 12.3. The van der Waals surface area contributed by atoms with Crippen LogP contribution in [0.1, 0.15) is 70.8 Å². The van der Waals surface area contributed by atoms with Crippen LogP contribution in [0.15, 0.2) is 41.8 Å². The van der Waals surface area contributed by atoms with Gasteiger partial charge >= 0.3 is 5.97 Å². The predicted molar refractivity (Wildman–Crippen MR) is 133 cm³/mol. The molecule has 2 aliphatic rings. The number of amides is 1. The van der Waals surface area contributed by atoms with E-state index in [1.165, 1.54) is 28.0 Å². The first kappa shape index (κ1) is 23.1. The summed E-state index contributed by atoms with van der Waals surface area (Å²) < 4.78 is 7.43. The Morgan fingerprint density at radius 2 is 2.06 bits per heavy atom. The molecule has 2 aromatic heterocycles. The predicted octanol–water partition coefficient (Wildman–Crippen LogP) is 5.45. The molecule has 1 amide bonds. The zero-order valence-corrected chi connectivity index (χ0v) is 21.0. The van der Waals surface area contributed by atoms with Gasteiger partial charge in [0.05, 0.1) is 12.2 Å². The highest BCUT2D eigenvalue weighted by Gasteiger charge is 2.33. The fraction of sp³-hybridized carbons (Fsp3) is 0.440. The van der Waals surface area contributed by atoms with Crippen LogP contribution >= 0.6 is 23.1 Å². The zero-order valence-electron chi connectivity index (χ0n) is 19.3. The maximum atomic E-state index is 13.7. The number of aromatic nitrogens is 3. The summed E-state index contributed by atoms with van der Waals surface area (Å²) in [6.07, 6.45) is 6.74. The summed E-state index contributed by atoms with van der Waals surface area (Å²) in [6, 6.07) is 10.1. The highest BCUT2D eigenvalue weighted by Crippen LogP contribution is 2.43. The minimum absolute atomic E-state index is 0.182. The average Bonchev–Trinajstić information content (AvgIpc) is 3.46. The number of anilines is 1. The van der Waals surface area contributed by atoms with Gasteiger partial charge in [0.15, 0.2) is 5.16 Å². The van der Waals surface area contributed by atoms with Crippen molar-refractivity contribution in [3.63, 3.8) is 0 Å². The normalized spacial score (nSPS) is 18.2. The van der Waals surface area contributed by atoms with Crippen molar-refractivity contribution in [2.24, 2.45) is 5.92 Å². The molecule has 0 bridgehead atoms. The molecule has 0 unspecified atom stereocenters. The maximum absolute atomic E-state index is 13.7. The van der Waals surface area contributed by atoms with E-state index in [0.29, 0.717) is 29.1 Å². The summed E-state index contributed by atoms with van der Waals surface area (Å²) in [6.45, 7) is 4.32. The van der Waals surface area contributed by atoms with Crippen LogP contribution in [0, 0.1) is 5.92 Å². The standard InChI is InChI=1S/C25H28N4O3S2/c1-3-32-24(31)20-18-12-9-15(2)13-19(18)33-23(20)27-22(30)21(16-7-5-4-6-8-16)34-25-28-26-14-29(25)17-10-11-17/h4-8,14-15,17,21H,3,9-13H2,1-2H3,(H,27,30)/t15-,21+/m0/s1. The number of rotatable bonds is 8. The summed E-state index contributed by atoms with van der Waals surface area (Å²) in [5.41, 5.74) is 2.44. The van der Waals surface area contributed by atoms with Gasteiger partial charge in [-0.2, -0.15) is 0 Å². The van der Waals surface area contributed by atoms with Crippen molar-refractivity contribution in [3.05, 3.63) is 58.2 Å². The first-order valence-electron chi connectivity index (χ1n) is 11.8. The molecule has 1 fully saturated rings. The second-order valence-electron chi connectivity index (χ2n) is 8.93. The lowest BCUT2D eigenvalue weighted by molar-refractivity contribution is -0.115. The van der Waals surface area contributed by atoms with Crippen LogP contribution < -0.4 is 5.32 Å². The van der Waals surface area contributed by atoms with E-state index in [9.17, 15) is 9.59 Å². The van der Waals surface area contributed by atoms with Crippen LogP contribution in [0.2, 0.25) is 0 Å². The van der Waals surface area contributed by atoms with E-state index in [0.717, 1.165) is 48.4 Å². The number of carbonyl (C=O) groups excluding carboxylic acids is 2. The Morgan fingerprint density at radius 3 is 2.79 bits per heavy atom. The highest BCUT2D eigenvalue weighted by molar-refractivity contribution is 8.00. The summed E-state index contributed by atoms with van der Waals surface area (Å²) in [5.74, 6) is 0.0205. The summed E-state index contributed by atoms with van der Waals surface area (Å²) in [7, 11) is 0. The van der Waals surface area contributed by atoms with E-state index in [-0.39, 0.29) is 11.9 Å². The van der Waals surface area contributed by atoms with Crippen molar-refractivity contribution in [1.29, 1.82) is 0 Å². The molecule has 178 valence electrons. The van der Waals surface area contributed by atoms with E-state index < -0.39 is 5.25 Å². The number of fused-ring (bicyclic) bond motifs is 1. The number of carbonyl (C=O) groups is 2. The molecule has 9 heteroatoms. The second-order valence-corrected chi connectivity index (χ2v) is 11.1. The van der Waals surface area contributed by atoms with Crippen molar-refractivity contribution in [2.75, 3.05) is 11.9 Å². The van der Waals surface area contributed by atoms with Gasteiger partial charge in [0.25, 0.3) is 0 Å². The molecule has 0 saturated heterocycles. The van der Waals surface area contributed by atoms with Gasteiger partial charge in [-0.3, -0.25) is 4.79 Å². The number of thiophene rings is 1. The summed E-state index contributed by atoms with van der Waals surface area (Å²) >= 11 is 2.91. The lowest BCUT2D eigenvalue weighted by Gasteiger charge is -2.18. The molecule has 1 N–H and O–H groups in total. The topological polar surface area (TPSA) is 86.1 Å². The molecule has 7 nitrogen and oxygen atoms in total. The SMILES string of the molecule is CCOC(=O)c1c(NC(=O)[C@H](Sc2nncn2C2CC2)c2ccccc2)sc2c1CC[C@H](C)C2. The van der Waals surface area contributed by atoms with E-state index >= 15 is 0 Å². The number of hydrogen-bond acceptors (Lipinski definition) is 7. The van der Waals surface area contributed by atoms with Gasteiger partial charge in [0, 0.05) is 10.9 Å². The van der Waals surface area contributed by atoms with Gasteiger partial charge in [0.1, 0.15) is 16.6 Å². The minimum Gasteiger partial charge on any atom is -0.462 e. The summed E-state index contributed by atoms with van der Waals surface area (Å²) in [4.78, 5) is 27.8. The van der Waals surface area contributed by atoms with Crippen LogP contribution in [0.4, 0.5) is 5.00 Å². The first-order valence-corrected chi connectivity index (χ1v) is 13.5. The van der Waals surface area contributed by atoms with E-state index in [4.69, 9.17) is 4.74 Å². The van der Waals surface area contributed by atoms with Gasteiger partial charge in [-0.1, -0.05) is 49.0 Å². The molecule has 2 heterocycles. The molecule has 2 atom stereocenters. The smallest absolute Gasteiger partial charge is 0.341 e. The lowest BCUT2D eigenvalue weighted by Crippen LogP contribution is -2.21. The molecule has 3 aromatic rings. The van der Waals surface area contributed by atoms with E-state index in [1.54, 1.807) is 13.3 Å². The average molecular weight is 497 g/mol. The third-order valence-corrected chi connectivity index (χ3v) is 8.67. The Bertz CT molecular complexity index is 1190. The fourth-order valence-electron chi connectivity index (χ4n) is 4.36. The fourth-order valence-corrected chi connectivity index (χ4v) is 6.85. The van der Waals surface area contributed by atoms with Crippen molar-refractivity contribution < 1.29 is 14.3 Å². The van der Waals surface area contributed by atoms with E-state index in [1.807, 2.05) is 30.3 Å². The number of nitrogens with zero attached hydrogens (tertiary/aromatic N) is 3. The van der Waals surface area contributed by atoms with Gasteiger partial charge in [-0.05, 0) is 56.1 Å². The van der Waals surface area contributed by atoms with E-state index in [2.05, 4.69) is 27.0 Å². The third kappa shape index (κ3) is 4.77. The van der Waals surface area contributed by atoms with Gasteiger partial charge in [-0.15, -0.1) is 21.5 Å². The van der Waals surface area contributed by atoms with Crippen LogP contribution in [0.25, 0.3) is 0 Å². The molecule has 5 rings (SSSR count).